The van der Waals surface area contributed by atoms with Crippen LogP contribution in [-0.2, 0) is 13.0 Å². The highest BCUT2D eigenvalue weighted by Crippen LogP contribution is 2.19. The Morgan fingerprint density at radius 1 is 1.11 bits per heavy atom. The number of aryl methyl sites for hydroxylation is 1. The molecule has 0 aliphatic heterocycles. The predicted octanol–water partition coefficient (Wildman–Crippen LogP) is 4.16. The van der Waals surface area contributed by atoms with Crippen molar-refractivity contribution >= 4 is 29.9 Å². The summed E-state index contributed by atoms with van der Waals surface area (Å²) in [5.74, 6) is 2.24. The lowest BCUT2D eigenvalue weighted by atomic mass is 10.1. The van der Waals surface area contributed by atoms with Gasteiger partial charge in [-0.15, -0.1) is 24.0 Å². The average molecular weight is 480 g/mol. The van der Waals surface area contributed by atoms with Crippen LogP contribution < -0.4 is 10.6 Å². The summed E-state index contributed by atoms with van der Waals surface area (Å²) < 4.78 is 10.9. The summed E-state index contributed by atoms with van der Waals surface area (Å²) in [5, 5.41) is 6.52. The Hall–Kier alpha value is -2.29. The van der Waals surface area contributed by atoms with E-state index < -0.39 is 0 Å². The van der Waals surface area contributed by atoms with Crippen molar-refractivity contribution in [2.24, 2.45) is 4.99 Å². The van der Waals surface area contributed by atoms with Gasteiger partial charge in [-0.05, 0) is 38.1 Å². The van der Waals surface area contributed by atoms with Crippen LogP contribution in [0.2, 0.25) is 0 Å². The molecule has 0 amide bonds. The van der Waals surface area contributed by atoms with E-state index in [0.717, 1.165) is 35.9 Å². The molecule has 6 nitrogen and oxygen atoms in total. The molecule has 27 heavy (non-hydrogen) atoms. The number of guanidine groups is 1. The molecule has 0 saturated carbocycles. The fourth-order valence-electron chi connectivity index (χ4n) is 2.46. The lowest BCUT2D eigenvalue weighted by Crippen LogP contribution is -2.38. The number of rotatable bonds is 7. The van der Waals surface area contributed by atoms with E-state index in [1.165, 1.54) is 5.56 Å². The predicted molar refractivity (Wildman–Crippen MR) is 117 cm³/mol. The third-order valence-electron chi connectivity index (χ3n) is 3.84. The second kappa shape index (κ2) is 10.8. The van der Waals surface area contributed by atoms with E-state index in [1.807, 2.05) is 31.2 Å². The van der Waals surface area contributed by atoms with Gasteiger partial charge in [-0.25, -0.2) is 9.98 Å². The summed E-state index contributed by atoms with van der Waals surface area (Å²) >= 11 is 0. The first-order valence-electron chi connectivity index (χ1n) is 8.80. The van der Waals surface area contributed by atoms with Gasteiger partial charge >= 0.3 is 0 Å². The molecule has 0 saturated heterocycles. The van der Waals surface area contributed by atoms with Gasteiger partial charge in [0.25, 0.3) is 0 Å². The first-order chi connectivity index (χ1) is 12.7. The first-order valence-corrected chi connectivity index (χ1v) is 8.80. The molecule has 0 unspecified atom stereocenters. The van der Waals surface area contributed by atoms with Gasteiger partial charge in [-0.3, -0.25) is 0 Å². The summed E-state index contributed by atoms with van der Waals surface area (Å²) in [6.45, 7) is 6.11. The molecular weight excluding hydrogens is 455 g/mol. The van der Waals surface area contributed by atoms with E-state index in [9.17, 15) is 0 Å². The Kier molecular flexibility index (Phi) is 8.38. The second-order valence-corrected chi connectivity index (χ2v) is 5.96. The fraction of sp³-hybridized carbons (Fsp3) is 0.300. The molecule has 7 heteroatoms. The van der Waals surface area contributed by atoms with Crippen molar-refractivity contribution in [2.45, 2.75) is 26.8 Å². The van der Waals surface area contributed by atoms with Crippen molar-refractivity contribution in [3.8, 4) is 11.5 Å². The number of aliphatic imine (C=N–C) groups is 1. The summed E-state index contributed by atoms with van der Waals surface area (Å²) in [6, 6.07) is 11.9. The number of benzene rings is 1. The van der Waals surface area contributed by atoms with Crippen LogP contribution in [0.3, 0.4) is 0 Å². The van der Waals surface area contributed by atoms with Gasteiger partial charge in [0, 0.05) is 25.1 Å². The van der Waals surface area contributed by atoms with Gasteiger partial charge in [0.15, 0.2) is 5.96 Å². The first kappa shape index (κ1) is 21.0. The van der Waals surface area contributed by atoms with E-state index in [0.29, 0.717) is 19.0 Å². The van der Waals surface area contributed by atoms with Crippen LogP contribution in [0, 0.1) is 6.92 Å². The molecule has 3 rings (SSSR count). The highest BCUT2D eigenvalue weighted by Gasteiger charge is 2.07. The molecule has 0 aliphatic rings. The maximum Gasteiger partial charge on any atom is 0.226 e. The number of hydrogen-bond donors (Lipinski definition) is 2. The van der Waals surface area contributed by atoms with E-state index in [2.05, 4.69) is 39.7 Å². The number of furan rings is 1. The van der Waals surface area contributed by atoms with E-state index in [4.69, 9.17) is 8.83 Å². The molecule has 0 atom stereocenters. The molecule has 2 N–H and O–H groups in total. The van der Waals surface area contributed by atoms with E-state index in [-0.39, 0.29) is 24.0 Å². The molecule has 2 aromatic heterocycles. The molecule has 1 aromatic carbocycles. The minimum atomic E-state index is 0. The standard InChI is InChI=1S/C20H24N4O2.HI/c1-3-21-20(23-13-18-5-4-12-25-18)22-11-10-17-14-26-19(24-17)16-8-6-15(2)7-9-16;/h4-9,12,14H,3,10-11,13H2,1-2H3,(H2,21,22,23);1H. The van der Waals surface area contributed by atoms with E-state index in [1.54, 1.807) is 12.5 Å². The number of hydrogen-bond acceptors (Lipinski definition) is 4. The molecule has 2 heterocycles. The van der Waals surface area contributed by atoms with Gasteiger partial charge in [0.2, 0.25) is 5.89 Å². The molecule has 0 radical (unpaired) electrons. The maximum atomic E-state index is 5.59. The van der Waals surface area contributed by atoms with Crippen LogP contribution in [0.4, 0.5) is 0 Å². The van der Waals surface area contributed by atoms with Gasteiger partial charge < -0.3 is 19.5 Å². The third kappa shape index (κ3) is 6.42. The number of halogens is 1. The Morgan fingerprint density at radius 2 is 1.93 bits per heavy atom. The molecule has 0 bridgehead atoms. The second-order valence-electron chi connectivity index (χ2n) is 5.96. The van der Waals surface area contributed by atoms with Crippen molar-refractivity contribution in [1.29, 1.82) is 0 Å². The average Bonchev–Trinajstić information content (AvgIpc) is 3.32. The number of oxazole rings is 1. The Balaban J connectivity index is 0.00000261. The molecule has 3 aromatic rings. The van der Waals surface area contributed by atoms with Crippen LogP contribution in [0.1, 0.15) is 23.9 Å². The highest BCUT2D eigenvalue weighted by molar-refractivity contribution is 14.0. The van der Waals surface area contributed by atoms with Crippen LogP contribution in [0.5, 0.6) is 0 Å². The van der Waals surface area contributed by atoms with Gasteiger partial charge in [-0.2, -0.15) is 0 Å². The zero-order valence-corrected chi connectivity index (χ0v) is 17.9. The van der Waals surface area contributed by atoms with Crippen molar-refractivity contribution in [1.82, 2.24) is 15.6 Å². The van der Waals surface area contributed by atoms with Crippen molar-refractivity contribution in [3.05, 3.63) is 65.9 Å². The molecule has 144 valence electrons. The van der Waals surface area contributed by atoms with Crippen LogP contribution in [0.25, 0.3) is 11.5 Å². The summed E-state index contributed by atoms with van der Waals surface area (Å²) in [4.78, 5) is 9.06. The third-order valence-corrected chi connectivity index (χ3v) is 3.84. The number of nitrogens with one attached hydrogen (secondary N) is 2. The lowest BCUT2D eigenvalue weighted by Gasteiger charge is -2.10. The number of aromatic nitrogens is 1. The zero-order valence-electron chi connectivity index (χ0n) is 15.6. The minimum absolute atomic E-state index is 0. The smallest absolute Gasteiger partial charge is 0.226 e. The summed E-state index contributed by atoms with van der Waals surface area (Å²) in [7, 11) is 0. The number of nitrogens with zero attached hydrogens (tertiary/aromatic N) is 2. The molecular formula is C20H25IN4O2. The van der Waals surface area contributed by atoms with E-state index >= 15 is 0 Å². The minimum Gasteiger partial charge on any atom is -0.467 e. The Labute approximate surface area is 176 Å². The molecule has 0 spiro atoms. The topological polar surface area (TPSA) is 75.6 Å². The molecule has 0 fully saturated rings. The van der Waals surface area contributed by atoms with Gasteiger partial charge in [0.1, 0.15) is 18.6 Å². The van der Waals surface area contributed by atoms with Crippen LogP contribution >= 0.6 is 24.0 Å². The molecule has 0 aliphatic carbocycles. The Morgan fingerprint density at radius 3 is 2.63 bits per heavy atom. The zero-order chi connectivity index (χ0) is 18.2. The maximum absolute atomic E-state index is 5.59. The van der Waals surface area contributed by atoms with Crippen LogP contribution in [-0.4, -0.2) is 24.0 Å². The monoisotopic (exact) mass is 480 g/mol. The van der Waals surface area contributed by atoms with Crippen LogP contribution in [0.15, 0.2) is 62.8 Å². The highest BCUT2D eigenvalue weighted by atomic mass is 127. The van der Waals surface area contributed by atoms with Crippen molar-refractivity contribution in [3.63, 3.8) is 0 Å². The van der Waals surface area contributed by atoms with Gasteiger partial charge in [-0.1, -0.05) is 17.7 Å². The lowest BCUT2D eigenvalue weighted by molar-refractivity contribution is 0.512. The normalized spacial score (nSPS) is 11.1. The largest absolute Gasteiger partial charge is 0.467 e. The van der Waals surface area contributed by atoms with Crippen molar-refractivity contribution in [2.75, 3.05) is 13.1 Å². The fourth-order valence-corrected chi connectivity index (χ4v) is 2.46. The summed E-state index contributed by atoms with van der Waals surface area (Å²) in [5.41, 5.74) is 3.12. The summed E-state index contributed by atoms with van der Waals surface area (Å²) in [6.07, 6.45) is 4.12. The SMILES string of the molecule is CCNC(=NCc1ccco1)NCCc1coc(-c2ccc(C)cc2)n1.I. The Bertz CT molecular complexity index is 826. The van der Waals surface area contributed by atoms with Gasteiger partial charge in [0.05, 0.1) is 12.0 Å². The quantitative estimate of drug-likeness (QED) is 0.302. The van der Waals surface area contributed by atoms with Crippen molar-refractivity contribution < 1.29 is 8.83 Å².